The van der Waals surface area contributed by atoms with E-state index in [0.717, 1.165) is 29.1 Å². The summed E-state index contributed by atoms with van der Waals surface area (Å²) in [7, 11) is -2.74. The fourth-order valence-electron chi connectivity index (χ4n) is 1.69. The van der Waals surface area contributed by atoms with E-state index in [1.165, 1.54) is 7.05 Å². The first-order valence-electron chi connectivity index (χ1n) is 5.49. The Hall–Kier alpha value is -2.26. The molecule has 0 saturated heterocycles. The number of hydrogen-bond acceptors (Lipinski definition) is 5. The molecule has 0 aliphatic heterocycles. The van der Waals surface area contributed by atoms with Crippen molar-refractivity contribution >= 4 is 33.3 Å². The van der Waals surface area contributed by atoms with Crippen molar-refractivity contribution in [2.75, 3.05) is 4.72 Å². The number of benzene rings is 1. The number of aromatic hydroxyl groups is 1. The van der Waals surface area contributed by atoms with Crippen molar-refractivity contribution in [3.05, 3.63) is 35.0 Å². The quantitative estimate of drug-likeness (QED) is 0.725. The first-order chi connectivity index (χ1) is 9.72. The summed E-state index contributed by atoms with van der Waals surface area (Å²) < 4.78 is 27.7. The molecule has 0 bridgehead atoms. The van der Waals surface area contributed by atoms with Gasteiger partial charge in [0.15, 0.2) is 5.03 Å². The lowest BCUT2D eigenvalue weighted by atomic mass is 10.2. The van der Waals surface area contributed by atoms with Gasteiger partial charge in [0.2, 0.25) is 0 Å². The molecule has 0 fully saturated rings. The number of aromatic nitrogens is 2. The Bertz CT molecular complexity index is 796. The minimum atomic E-state index is -4.13. The molecule has 0 atom stereocenters. The van der Waals surface area contributed by atoms with Crippen LogP contribution < -0.4 is 4.72 Å². The molecule has 3 N–H and O–H groups in total. The van der Waals surface area contributed by atoms with Gasteiger partial charge in [-0.05, 0) is 18.2 Å². The monoisotopic (exact) mass is 331 g/mol. The van der Waals surface area contributed by atoms with Crippen LogP contribution in [0.15, 0.2) is 29.4 Å². The SMILES string of the molecule is Cn1ncc(Cl)c1S(=O)(=O)Nc1ccc(O)cc1C(=O)O. The summed E-state index contributed by atoms with van der Waals surface area (Å²) >= 11 is 5.76. The third-order valence-corrected chi connectivity index (χ3v) is 4.45. The van der Waals surface area contributed by atoms with E-state index in [9.17, 15) is 18.3 Å². The van der Waals surface area contributed by atoms with Gasteiger partial charge in [0.05, 0.1) is 22.5 Å². The topological polar surface area (TPSA) is 122 Å². The molecule has 0 saturated carbocycles. The Balaban J connectivity index is 2.50. The van der Waals surface area contributed by atoms with Crippen LogP contribution in [0.1, 0.15) is 10.4 Å². The normalized spacial score (nSPS) is 11.3. The smallest absolute Gasteiger partial charge is 0.337 e. The lowest BCUT2D eigenvalue weighted by Gasteiger charge is -2.11. The summed E-state index contributed by atoms with van der Waals surface area (Å²) in [6, 6.07) is 3.24. The summed E-state index contributed by atoms with van der Waals surface area (Å²) in [6.07, 6.45) is 1.16. The minimum Gasteiger partial charge on any atom is -0.508 e. The molecule has 0 aliphatic rings. The fourth-order valence-corrected chi connectivity index (χ4v) is 3.43. The maximum Gasteiger partial charge on any atom is 0.337 e. The van der Waals surface area contributed by atoms with Crippen LogP contribution in [0.25, 0.3) is 0 Å². The highest BCUT2D eigenvalue weighted by Crippen LogP contribution is 2.26. The van der Waals surface area contributed by atoms with Gasteiger partial charge in [-0.25, -0.2) is 4.79 Å². The summed E-state index contributed by atoms with van der Waals surface area (Å²) in [4.78, 5) is 11.1. The highest BCUT2D eigenvalue weighted by atomic mass is 35.5. The predicted octanol–water partition coefficient (Wildman–Crippen LogP) is 1.28. The minimum absolute atomic E-state index is 0.0966. The van der Waals surface area contributed by atoms with Gasteiger partial charge < -0.3 is 10.2 Å². The van der Waals surface area contributed by atoms with Gasteiger partial charge in [0, 0.05) is 7.05 Å². The largest absolute Gasteiger partial charge is 0.508 e. The molecule has 21 heavy (non-hydrogen) atoms. The summed E-state index contributed by atoms with van der Waals surface area (Å²) in [6.45, 7) is 0. The fraction of sp³-hybridized carbons (Fsp3) is 0.0909. The van der Waals surface area contributed by atoms with Gasteiger partial charge in [-0.1, -0.05) is 11.6 Å². The number of carbonyl (C=O) groups is 1. The van der Waals surface area contributed by atoms with Gasteiger partial charge in [-0.3, -0.25) is 9.40 Å². The second kappa shape index (κ2) is 5.26. The number of carboxylic acid groups (broad SMARTS) is 1. The van der Waals surface area contributed by atoms with Crippen molar-refractivity contribution in [2.45, 2.75) is 5.03 Å². The first kappa shape index (κ1) is 15.1. The molecule has 10 heteroatoms. The Kier molecular flexibility index (Phi) is 3.79. The number of aryl methyl sites for hydroxylation is 1. The van der Waals surface area contributed by atoms with Gasteiger partial charge in [0.25, 0.3) is 10.0 Å². The number of halogens is 1. The van der Waals surface area contributed by atoms with E-state index in [0.29, 0.717) is 0 Å². The lowest BCUT2D eigenvalue weighted by molar-refractivity contribution is 0.0697. The van der Waals surface area contributed by atoms with E-state index >= 15 is 0 Å². The Morgan fingerprint density at radius 1 is 1.43 bits per heavy atom. The number of aromatic carboxylic acids is 1. The molecule has 1 aromatic carbocycles. The highest BCUT2D eigenvalue weighted by molar-refractivity contribution is 7.92. The molecule has 0 spiro atoms. The van der Waals surface area contributed by atoms with Crippen LogP contribution in [0.5, 0.6) is 5.75 Å². The molecule has 2 rings (SSSR count). The zero-order valence-electron chi connectivity index (χ0n) is 10.6. The molecule has 0 unspecified atom stereocenters. The van der Waals surface area contributed by atoms with Crippen molar-refractivity contribution in [3.8, 4) is 5.75 Å². The number of hydrogen-bond donors (Lipinski definition) is 3. The van der Waals surface area contributed by atoms with Crippen molar-refractivity contribution < 1.29 is 23.4 Å². The molecule has 1 heterocycles. The second-order valence-electron chi connectivity index (χ2n) is 4.06. The van der Waals surface area contributed by atoms with Crippen LogP contribution >= 0.6 is 11.6 Å². The molecular weight excluding hydrogens is 322 g/mol. The molecule has 0 aliphatic carbocycles. The number of phenolic OH excluding ortho intramolecular Hbond substituents is 1. The van der Waals surface area contributed by atoms with Gasteiger partial charge in [-0.15, -0.1) is 0 Å². The van der Waals surface area contributed by atoms with Crippen molar-refractivity contribution in [3.63, 3.8) is 0 Å². The van der Waals surface area contributed by atoms with Crippen molar-refractivity contribution in [2.24, 2.45) is 7.05 Å². The highest BCUT2D eigenvalue weighted by Gasteiger charge is 2.25. The van der Waals surface area contributed by atoms with Crippen LogP contribution in [0.2, 0.25) is 5.02 Å². The number of nitrogens with zero attached hydrogens (tertiary/aromatic N) is 2. The summed E-state index contributed by atoms with van der Waals surface area (Å²) in [5.41, 5.74) is -0.588. The van der Waals surface area contributed by atoms with E-state index in [-0.39, 0.29) is 21.5 Å². The average Bonchev–Trinajstić information content (AvgIpc) is 2.71. The first-order valence-corrected chi connectivity index (χ1v) is 7.35. The maximum atomic E-state index is 12.3. The second-order valence-corrected chi connectivity index (χ2v) is 6.07. The summed E-state index contributed by atoms with van der Waals surface area (Å²) in [5.74, 6) is -1.69. The molecule has 112 valence electrons. The van der Waals surface area contributed by atoms with Gasteiger partial charge in [0.1, 0.15) is 5.75 Å². The molecule has 0 amide bonds. The maximum absolute atomic E-state index is 12.3. The van der Waals surface area contributed by atoms with E-state index in [2.05, 4.69) is 9.82 Å². The number of nitrogens with one attached hydrogen (secondary N) is 1. The zero-order valence-corrected chi connectivity index (χ0v) is 12.2. The number of phenols is 1. The molecule has 2 aromatic rings. The Labute approximate surface area is 124 Å². The van der Waals surface area contributed by atoms with Crippen LogP contribution in [-0.2, 0) is 17.1 Å². The third-order valence-electron chi connectivity index (χ3n) is 2.57. The van der Waals surface area contributed by atoms with Gasteiger partial charge in [-0.2, -0.15) is 13.5 Å². The summed E-state index contributed by atoms with van der Waals surface area (Å²) in [5, 5.41) is 21.6. The number of carboxylic acids is 1. The van der Waals surface area contributed by atoms with E-state index in [1.54, 1.807) is 0 Å². The van der Waals surface area contributed by atoms with Crippen LogP contribution in [0, 0.1) is 0 Å². The number of anilines is 1. The third kappa shape index (κ3) is 2.93. The van der Waals surface area contributed by atoms with Crippen molar-refractivity contribution in [1.82, 2.24) is 9.78 Å². The van der Waals surface area contributed by atoms with Crippen molar-refractivity contribution in [1.29, 1.82) is 0 Å². The number of sulfonamides is 1. The van der Waals surface area contributed by atoms with Gasteiger partial charge >= 0.3 is 5.97 Å². The molecule has 1 aromatic heterocycles. The molecular formula is C11H10ClN3O5S. The number of rotatable bonds is 4. The van der Waals surface area contributed by atoms with E-state index < -0.39 is 21.6 Å². The Morgan fingerprint density at radius 2 is 2.10 bits per heavy atom. The van der Waals surface area contributed by atoms with Crippen LogP contribution in [-0.4, -0.2) is 34.4 Å². The zero-order chi connectivity index (χ0) is 15.8. The van der Waals surface area contributed by atoms with Crippen LogP contribution in [0.4, 0.5) is 5.69 Å². The van der Waals surface area contributed by atoms with Crippen LogP contribution in [0.3, 0.4) is 0 Å². The average molecular weight is 332 g/mol. The molecule has 0 radical (unpaired) electrons. The molecule has 8 nitrogen and oxygen atoms in total. The standard InChI is InChI=1S/C11H10ClN3O5S/c1-15-10(8(12)5-13-15)21(19,20)14-9-3-2-6(16)4-7(9)11(17)18/h2-5,14,16H,1H3,(H,17,18). The Morgan fingerprint density at radius 3 is 2.62 bits per heavy atom. The van der Waals surface area contributed by atoms with E-state index in [1.807, 2.05) is 0 Å². The predicted molar refractivity (Wildman–Crippen MR) is 74.1 cm³/mol. The lowest BCUT2D eigenvalue weighted by Crippen LogP contribution is -2.18. The van der Waals surface area contributed by atoms with E-state index in [4.69, 9.17) is 16.7 Å².